The van der Waals surface area contributed by atoms with Gasteiger partial charge in [-0.1, -0.05) is 13.8 Å². The van der Waals surface area contributed by atoms with Gasteiger partial charge in [0.25, 0.3) is 0 Å². The van der Waals surface area contributed by atoms with Crippen LogP contribution in [0.5, 0.6) is 0 Å². The first-order valence-electron chi connectivity index (χ1n) is 9.32. The third kappa shape index (κ3) is 3.73. The molecule has 1 aromatic heterocycles. The van der Waals surface area contributed by atoms with Crippen LogP contribution in [-0.2, 0) is 20.9 Å². The van der Waals surface area contributed by atoms with Crippen LogP contribution in [0.3, 0.4) is 0 Å². The van der Waals surface area contributed by atoms with Crippen molar-refractivity contribution in [2.75, 3.05) is 6.61 Å². The number of nitrogens with one attached hydrogen (secondary N) is 1. The maximum atomic E-state index is 12.8. The van der Waals surface area contributed by atoms with Gasteiger partial charge in [0.15, 0.2) is 0 Å². The van der Waals surface area contributed by atoms with Crippen molar-refractivity contribution in [1.29, 1.82) is 0 Å². The van der Waals surface area contributed by atoms with Gasteiger partial charge in [-0.05, 0) is 50.2 Å². The van der Waals surface area contributed by atoms with Crippen LogP contribution in [0.4, 0.5) is 0 Å². The highest BCUT2D eigenvalue weighted by molar-refractivity contribution is 5.88. The summed E-state index contributed by atoms with van der Waals surface area (Å²) in [5.74, 6) is 1.19. The first-order chi connectivity index (χ1) is 12.1. The summed E-state index contributed by atoms with van der Waals surface area (Å²) in [6.45, 7) is 4.81. The topological polar surface area (TPSA) is 71.8 Å². The molecular formula is C19H28N2O4. The third-order valence-electron chi connectivity index (χ3n) is 5.37. The predicted octanol–water partition coefficient (Wildman–Crippen LogP) is 2.83. The molecule has 6 nitrogen and oxygen atoms in total. The Morgan fingerprint density at radius 2 is 2.12 bits per heavy atom. The van der Waals surface area contributed by atoms with Crippen molar-refractivity contribution in [2.24, 2.45) is 5.92 Å². The second-order valence-electron chi connectivity index (χ2n) is 7.27. The average molecular weight is 348 g/mol. The highest BCUT2D eigenvalue weighted by atomic mass is 16.5. The summed E-state index contributed by atoms with van der Waals surface area (Å²) >= 11 is 0. The zero-order valence-electron chi connectivity index (χ0n) is 15.1. The first-order valence-corrected chi connectivity index (χ1v) is 9.32. The van der Waals surface area contributed by atoms with Gasteiger partial charge in [0, 0.05) is 6.42 Å². The number of ether oxygens (including phenoxy) is 1. The van der Waals surface area contributed by atoms with E-state index in [4.69, 9.17) is 9.15 Å². The van der Waals surface area contributed by atoms with Crippen molar-refractivity contribution < 1.29 is 18.7 Å². The van der Waals surface area contributed by atoms with E-state index >= 15 is 0 Å². The van der Waals surface area contributed by atoms with Crippen molar-refractivity contribution in [1.82, 2.24) is 10.2 Å². The lowest BCUT2D eigenvalue weighted by Crippen LogP contribution is -2.56. The van der Waals surface area contributed by atoms with Crippen LogP contribution in [0.2, 0.25) is 0 Å². The van der Waals surface area contributed by atoms with E-state index in [2.05, 4.69) is 12.2 Å². The summed E-state index contributed by atoms with van der Waals surface area (Å²) in [6, 6.07) is 3.05. The first kappa shape index (κ1) is 18.0. The zero-order chi connectivity index (χ0) is 17.9. The monoisotopic (exact) mass is 348 g/mol. The Kier molecular flexibility index (Phi) is 5.47. The van der Waals surface area contributed by atoms with E-state index in [1.165, 1.54) is 0 Å². The molecule has 1 aliphatic heterocycles. The quantitative estimate of drug-likeness (QED) is 0.888. The highest BCUT2D eigenvalue weighted by Gasteiger charge is 2.53. The molecule has 3 rings (SSSR count). The normalized spacial score (nSPS) is 29.1. The Labute approximate surface area is 148 Å². The van der Waals surface area contributed by atoms with Crippen molar-refractivity contribution >= 4 is 11.8 Å². The van der Waals surface area contributed by atoms with Crippen LogP contribution in [0.1, 0.15) is 58.1 Å². The molecule has 1 aromatic rings. The predicted molar refractivity (Wildman–Crippen MR) is 92.4 cm³/mol. The molecule has 25 heavy (non-hydrogen) atoms. The Bertz CT molecular complexity index is 591. The van der Waals surface area contributed by atoms with Crippen molar-refractivity contribution in [3.8, 4) is 0 Å². The average Bonchev–Trinajstić information content (AvgIpc) is 3.24. The zero-order valence-corrected chi connectivity index (χ0v) is 15.1. The van der Waals surface area contributed by atoms with Crippen LogP contribution in [0, 0.1) is 5.92 Å². The minimum atomic E-state index is -0.592. The molecule has 0 unspecified atom stereocenters. The number of carbonyl (C=O) groups is 2. The number of furan rings is 1. The maximum absolute atomic E-state index is 12.8. The molecule has 0 aromatic carbocycles. The molecule has 0 bridgehead atoms. The van der Waals surface area contributed by atoms with Gasteiger partial charge in [-0.15, -0.1) is 0 Å². The molecule has 6 heteroatoms. The molecule has 0 radical (unpaired) electrons. The molecule has 2 aliphatic rings. The van der Waals surface area contributed by atoms with Gasteiger partial charge in [-0.3, -0.25) is 14.5 Å². The SMILES string of the molecule is CCCC(=O)N1[C@H](C(=O)NCc2ccco2)COC12CCC(C)CC2. The van der Waals surface area contributed by atoms with Gasteiger partial charge in [0.2, 0.25) is 11.8 Å². The lowest BCUT2D eigenvalue weighted by molar-refractivity contribution is -0.161. The maximum Gasteiger partial charge on any atom is 0.245 e. The fraction of sp³-hybridized carbons (Fsp3) is 0.684. The van der Waals surface area contributed by atoms with Crippen molar-refractivity contribution in [3.05, 3.63) is 24.2 Å². The number of rotatable bonds is 5. The molecular weight excluding hydrogens is 320 g/mol. The van der Waals surface area contributed by atoms with Gasteiger partial charge < -0.3 is 14.5 Å². The molecule has 1 saturated carbocycles. The molecule has 1 spiro atoms. The van der Waals surface area contributed by atoms with Gasteiger partial charge in [-0.25, -0.2) is 0 Å². The molecule has 138 valence electrons. The van der Waals surface area contributed by atoms with E-state index < -0.39 is 11.8 Å². The van der Waals surface area contributed by atoms with Crippen LogP contribution >= 0.6 is 0 Å². The van der Waals surface area contributed by atoms with Gasteiger partial charge in [0.05, 0.1) is 19.4 Å². The second kappa shape index (κ2) is 7.60. The molecule has 2 amide bonds. The van der Waals surface area contributed by atoms with Gasteiger partial charge in [-0.2, -0.15) is 0 Å². The lowest BCUT2D eigenvalue weighted by Gasteiger charge is -2.43. The van der Waals surface area contributed by atoms with Crippen LogP contribution < -0.4 is 5.32 Å². The number of hydrogen-bond donors (Lipinski definition) is 1. The summed E-state index contributed by atoms with van der Waals surface area (Å²) in [5.41, 5.74) is -0.592. The highest BCUT2D eigenvalue weighted by Crippen LogP contribution is 2.42. The number of amides is 2. The van der Waals surface area contributed by atoms with E-state index in [1.807, 2.05) is 13.0 Å². The Balaban J connectivity index is 1.73. The van der Waals surface area contributed by atoms with E-state index in [1.54, 1.807) is 17.2 Å². The van der Waals surface area contributed by atoms with E-state index in [9.17, 15) is 9.59 Å². The summed E-state index contributed by atoms with van der Waals surface area (Å²) in [6.07, 6.45) is 6.46. The van der Waals surface area contributed by atoms with E-state index in [0.29, 0.717) is 24.6 Å². The van der Waals surface area contributed by atoms with Crippen LogP contribution in [0.25, 0.3) is 0 Å². The molecule has 1 saturated heterocycles. The second-order valence-corrected chi connectivity index (χ2v) is 7.27. The van der Waals surface area contributed by atoms with Crippen molar-refractivity contribution in [2.45, 2.75) is 70.7 Å². The van der Waals surface area contributed by atoms with Crippen LogP contribution in [0.15, 0.2) is 22.8 Å². The lowest BCUT2D eigenvalue weighted by atomic mass is 9.83. The minimum absolute atomic E-state index is 0.0210. The fourth-order valence-electron chi connectivity index (χ4n) is 3.89. The van der Waals surface area contributed by atoms with E-state index in [0.717, 1.165) is 32.1 Å². The van der Waals surface area contributed by atoms with E-state index in [-0.39, 0.29) is 18.4 Å². The number of hydrogen-bond acceptors (Lipinski definition) is 4. The Hall–Kier alpha value is -1.82. The number of carbonyl (C=O) groups excluding carboxylic acids is 2. The third-order valence-corrected chi connectivity index (χ3v) is 5.37. The summed E-state index contributed by atoms with van der Waals surface area (Å²) in [5, 5.41) is 2.88. The van der Waals surface area contributed by atoms with Crippen LogP contribution in [-0.4, -0.2) is 35.1 Å². The Morgan fingerprint density at radius 3 is 2.76 bits per heavy atom. The minimum Gasteiger partial charge on any atom is -0.467 e. The van der Waals surface area contributed by atoms with Gasteiger partial charge >= 0.3 is 0 Å². The summed E-state index contributed by atoms with van der Waals surface area (Å²) in [4.78, 5) is 27.3. The standard InChI is InChI=1S/C19H28N2O4/c1-3-5-17(22)21-16(18(23)20-12-15-6-4-11-24-15)13-25-19(21)9-7-14(2)8-10-19/h4,6,11,14,16H,3,5,7-10,12-13H2,1-2H3,(H,20,23)/t14?,16-,19?/m0/s1. The number of nitrogens with zero attached hydrogens (tertiary/aromatic N) is 1. The molecule has 1 aliphatic carbocycles. The molecule has 1 atom stereocenters. The fourth-order valence-corrected chi connectivity index (χ4v) is 3.89. The smallest absolute Gasteiger partial charge is 0.245 e. The molecule has 2 heterocycles. The summed E-state index contributed by atoms with van der Waals surface area (Å²) < 4.78 is 11.4. The Morgan fingerprint density at radius 1 is 1.36 bits per heavy atom. The summed E-state index contributed by atoms with van der Waals surface area (Å²) in [7, 11) is 0. The van der Waals surface area contributed by atoms with Crippen molar-refractivity contribution in [3.63, 3.8) is 0 Å². The largest absolute Gasteiger partial charge is 0.467 e. The van der Waals surface area contributed by atoms with Gasteiger partial charge in [0.1, 0.15) is 17.5 Å². The molecule has 2 fully saturated rings. The molecule has 1 N–H and O–H groups in total.